The molecule has 3 heterocycles. The third kappa shape index (κ3) is 2.94. The van der Waals surface area contributed by atoms with Crippen LogP contribution in [0, 0.1) is 0 Å². The summed E-state index contributed by atoms with van der Waals surface area (Å²) in [6.07, 6.45) is 3.90. The first-order chi connectivity index (χ1) is 12.2. The van der Waals surface area contributed by atoms with Crippen LogP contribution >= 0.6 is 11.8 Å². The molecule has 2 aliphatic heterocycles. The van der Waals surface area contributed by atoms with Gasteiger partial charge in [-0.3, -0.25) is 0 Å². The van der Waals surface area contributed by atoms with Gasteiger partial charge in [-0.05, 0) is 40.5 Å². The van der Waals surface area contributed by atoms with Crippen LogP contribution in [0.1, 0.15) is 58.9 Å². The maximum atomic E-state index is 12.4. The van der Waals surface area contributed by atoms with E-state index in [1.165, 1.54) is 18.4 Å². The summed E-state index contributed by atoms with van der Waals surface area (Å²) in [4.78, 5) is 25.8. The molecule has 142 valence electrons. The minimum atomic E-state index is -0.461. The second kappa shape index (κ2) is 6.01. The third-order valence-corrected chi connectivity index (χ3v) is 7.31. The van der Waals surface area contributed by atoms with E-state index >= 15 is 0 Å². The first-order valence-corrected chi connectivity index (χ1v) is 10.3. The summed E-state index contributed by atoms with van der Waals surface area (Å²) in [7, 11) is 0. The number of piperazine rings is 1. The summed E-state index contributed by atoms with van der Waals surface area (Å²) in [6.45, 7) is 12.2. The highest BCUT2D eigenvalue weighted by Crippen LogP contribution is 2.71. The molecule has 0 radical (unpaired) electrons. The number of hydrogen-bond acceptors (Lipinski definition) is 6. The largest absolute Gasteiger partial charge is 0.444 e. The molecule has 7 heteroatoms. The molecular formula is C19H28N4O2S. The van der Waals surface area contributed by atoms with Crippen molar-refractivity contribution in [3.8, 4) is 0 Å². The van der Waals surface area contributed by atoms with Crippen LogP contribution in [0.15, 0.2) is 11.4 Å². The molecule has 1 saturated carbocycles. The van der Waals surface area contributed by atoms with Gasteiger partial charge in [0.05, 0.1) is 0 Å². The van der Waals surface area contributed by atoms with Crippen molar-refractivity contribution < 1.29 is 9.53 Å². The van der Waals surface area contributed by atoms with Crippen molar-refractivity contribution >= 4 is 23.7 Å². The number of ether oxygens (including phenoxy) is 1. The lowest BCUT2D eigenvalue weighted by Crippen LogP contribution is -2.55. The van der Waals surface area contributed by atoms with E-state index in [2.05, 4.69) is 28.7 Å². The number of fused-ring (bicyclic) bond motifs is 3. The van der Waals surface area contributed by atoms with Gasteiger partial charge < -0.3 is 14.5 Å². The average molecular weight is 377 g/mol. The van der Waals surface area contributed by atoms with E-state index < -0.39 is 5.60 Å². The summed E-state index contributed by atoms with van der Waals surface area (Å²) in [6, 6.07) is 0.204. The van der Waals surface area contributed by atoms with Crippen LogP contribution in [0.2, 0.25) is 0 Å². The maximum Gasteiger partial charge on any atom is 0.410 e. The number of amides is 1. The lowest BCUT2D eigenvalue weighted by Gasteiger charge is -2.41. The molecule has 4 rings (SSSR count). The van der Waals surface area contributed by atoms with Crippen LogP contribution in [0.5, 0.6) is 0 Å². The number of nitrogens with zero attached hydrogens (tertiary/aromatic N) is 4. The van der Waals surface area contributed by atoms with E-state index in [1.54, 1.807) is 6.33 Å². The van der Waals surface area contributed by atoms with Crippen LogP contribution in [0.25, 0.3) is 0 Å². The zero-order valence-corrected chi connectivity index (χ0v) is 17.1. The summed E-state index contributed by atoms with van der Waals surface area (Å²) < 4.78 is 5.90. The molecule has 3 aliphatic rings. The molecule has 1 amide bonds. The Kier molecular flexibility index (Phi) is 4.13. The van der Waals surface area contributed by atoms with Crippen molar-refractivity contribution in [3.05, 3.63) is 11.9 Å². The Balaban J connectivity index is 1.51. The highest BCUT2D eigenvalue weighted by atomic mass is 32.2. The van der Waals surface area contributed by atoms with Crippen LogP contribution in [-0.4, -0.2) is 57.0 Å². The molecule has 3 atom stereocenters. The molecule has 26 heavy (non-hydrogen) atoms. The Bertz CT molecular complexity index is 735. The van der Waals surface area contributed by atoms with Crippen molar-refractivity contribution in [2.24, 2.45) is 0 Å². The van der Waals surface area contributed by atoms with E-state index in [-0.39, 0.29) is 12.1 Å². The Labute approximate surface area is 159 Å². The lowest BCUT2D eigenvalue weighted by atomic mass is 10.1. The highest BCUT2D eigenvalue weighted by Gasteiger charge is 2.61. The maximum absolute atomic E-state index is 12.4. The standard InChI is InChI=1S/C19H28N4O2S/c1-6-19-9-13(19)14-15(20-11-21-16(14)26-19)23-8-7-22(10-12(23)2)17(24)25-18(3,4)5/h11-13H,6-10H2,1-5H3/t12-,13?,19?/m1/s1. The summed E-state index contributed by atoms with van der Waals surface area (Å²) in [5.74, 6) is 1.68. The number of rotatable bonds is 2. The predicted octanol–water partition coefficient (Wildman–Crippen LogP) is 3.66. The third-order valence-electron chi connectivity index (χ3n) is 5.65. The Hall–Kier alpha value is -1.50. The van der Waals surface area contributed by atoms with Gasteiger partial charge in [-0.15, -0.1) is 0 Å². The minimum Gasteiger partial charge on any atom is -0.444 e. The Morgan fingerprint density at radius 1 is 1.38 bits per heavy atom. The van der Waals surface area contributed by atoms with Gasteiger partial charge in [-0.1, -0.05) is 18.7 Å². The molecule has 0 bridgehead atoms. The topological polar surface area (TPSA) is 58.6 Å². The van der Waals surface area contributed by atoms with Crippen LogP contribution < -0.4 is 4.90 Å². The van der Waals surface area contributed by atoms with Gasteiger partial charge in [0.2, 0.25) is 0 Å². The second-order valence-corrected chi connectivity index (χ2v) is 10.1. The van der Waals surface area contributed by atoms with Crippen molar-refractivity contribution in [2.45, 2.75) is 74.8 Å². The number of aromatic nitrogens is 2. The average Bonchev–Trinajstić information content (AvgIpc) is 3.18. The Morgan fingerprint density at radius 2 is 2.15 bits per heavy atom. The SMILES string of the molecule is CCC12CC1c1c(ncnc1N1CCN(C(=O)OC(C)(C)C)C[C@H]1C)S2. The molecule has 1 saturated heterocycles. The van der Waals surface area contributed by atoms with Gasteiger partial charge in [-0.2, -0.15) is 0 Å². The monoisotopic (exact) mass is 376 g/mol. The van der Waals surface area contributed by atoms with Gasteiger partial charge in [0.15, 0.2) is 0 Å². The van der Waals surface area contributed by atoms with Crippen LogP contribution in [-0.2, 0) is 4.74 Å². The highest BCUT2D eigenvalue weighted by molar-refractivity contribution is 8.01. The van der Waals surface area contributed by atoms with Gasteiger partial charge in [0.1, 0.15) is 22.8 Å². The normalized spacial score (nSPS) is 30.0. The molecule has 2 fully saturated rings. The summed E-state index contributed by atoms with van der Waals surface area (Å²) >= 11 is 1.94. The fraction of sp³-hybridized carbons (Fsp3) is 0.737. The number of carbonyl (C=O) groups excluding carboxylic acids is 1. The van der Waals surface area contributed by atoms with Crippen molar-refractivity contribution in [1.82, 2.24) is 14.9 Å². The van der Waals surface area contributed by atoms with Crippen LogP contribution in [0.4, 0.5) is 10.6 Å². The molecule has 1 aromatic rings. The molecule has 2 unspecified atom stereocenters. The number of carbonyl (C=O) groups is 1. The van der Waals surface area contributed by atoms with E-state index in [0.717, 1.165) is 17.4 Å². The first-order valence-electron chi connectivity index (χ1n) is 9.52. The smallest absolute Gasteiger partial charge is 0.410 e. The van der Waals surface area contributed by atoms with Gasteiger partial charge in [0, 0.05) is 41.9 Å². The molecule has 6 nitrogen and oxygen atoms in total. The minimum absolute atomic E-state index is 0.204. The van der Waals surface area contributed by atoms with Gasteiger partial charge in [-0.25, -0.2) is 14.8 Å². The molecular weight excluding hydrogens is 348 g/mol. The van der Waals surface area contributed by atoms with Gasteiger partial charge in [0.25, 0.3) is 0 Å². The summed E-state index contributed by atoms with van der Waals surface area (Å²) in [5, 5.41) is 1.16. The van der Waals surface area contributed by atoms with E-state index in [4.69, 9.17) is 4.74 Å². The van der Waals surface area contributed by atoms with Crippen LogP contribution in [0.3, 0.4) is 0 Å². The number of thioether (sulfide) groups is 1. The number of anilines is 1. The Morgan fingerprint density at radius 3 is 2.81 bits per heavy atom. The van der Waals surface area contributed by atoms with Crippen molar-refractivity contribution in [2.75, 3.05) is 24.5 Å². The zero-order chi connectivity index (χ0) is 18.7. The van der Waals surface area contributed by atoms with Crippen molar-refractivity contribution in [1.29, 1.82) is 0 Å². The molecule has 1 aliphatic carbocycles. The molecule has 0 aromatic carbocycles. The predicted molar refractivity (Wildman–Crippen MR) is 103 cm³/mol. The first kappa shape index (κ1) is 17.9. The lowest BCUT2D eigenvalue weighted by molar-refractivity contribution is 0.0218. The van der Waals surface area contributed by atoms with E-state index in [9.17, 15) is 4.79 Å². The van der Waals surface area contributed by atoms with Crippen molar-refractivity contribution in [3.63, 3.8) is 0 Å². The second-order valence-electron chi connectivity index (χ2n) is 8.66. The summed E-state index contributed by atoms with van der Waals surface area (Å²) in [5.41, 5.74) is 0.884. The fourth-order valence-corrected chi connectivity index (χ4v) is 5.65. The van der Waals surface area contributed by atoms with Gasteiger partial charge >= 0.3 is 6.09 Å². The number of hydrogen-bond donors (Lipinski definition) is 0. The van der Waals surface area contributed by atoms with E-state index in [1.807, 2.05) is 37.4 Å². The van der Waals surface area contributed by atoms with E-state index in [0.29, 0.717) is 23.8 Å². The molecule has 1 aromatic heterocycles. The quantitative estimate of drug-likeness (QED) is 0.734. The molecule has 0 N–H and O–H groups in total. The zero-order valence-electron chi connectivity index (χ0n) is 16.3. The fourth-order valence-electron chi connectivity index (χ4n) is 4.17. The molecule has 0 spiro atoms.